The summed E-state index contributed by atoms with van der Waals surface area (Å²) in [4.78, 5) is 24.8. The molecule has 0 spiro atoms. The van der Waals surface area contributed by atoms with Gasteiger partial charge in [-0.25, -0.2) is 13.2 Å². The van der Waals surface area contributed by atoms with Gasteiger partial charge in [0.25, 0.3) is 0 Å². The van der Waals surface area contributed by atoms with Gasteiger partial charge >= 0.3 is 5.97 Å². The second-order valence-corrected chi connectivity index (χ2v) is 8.51. The number of carboxylic acid groups (broad SMARTS) is 1. The molecular formula is C13H21N3O7S2. The number of aliphatic carboxylic acids is 1. The smallest absolute Gasteiger partial charge is 0.352 e. The number of likely N-dealkylation sites (tertiary alicyclic amines) is 1. The predicted molar refractivity (Wildman–Crippen MR) is 88.1 cm³/mol. The average molecular weight is 395 g/mol. The van der Waals surface area contributed by atoms with Crippen LogP contribution in [0.25, 0.3) is 0 Å². The SMILES string of the molecule is C[N+]1(CC2=C(C(=O)O)N3C(=O)[C@@H](N)[C@H]3SC2)CCCC1.O=S(=O)([O-])O. The van der Waals surface area contributed by atoms with Gasteiger partial charge < -0.3 is 19.9 Å². The van der Waals surface area contributed by atoms with Gasteiger partial charge in [-0.2, -0.15) is 0 Å². The molecule has 3 aliphatic rings. The molecule has 0 unspecified atom stereocenters. The Balaban J connectivity index is 0.000000399. The third-order valence-corrected chi connectivity index (χ3v) is 5.87. The van der Waals surface area contributed by atoms with Gasteiger partial charge in [0.1, 0.15) is 23.7 Å². The van der Waals surface area contributed by atoms with E-state index in [2.05, 4.69) is 7.05 Å². The van der Waals surface area contributed by atoms with E-state index in [4.69, 9.17) is 23.3 Å². The van der Waals surface area contributed by atoms with Crippen molar-refractivity contribution >= 4 is 34.0 Å². The molecule has 25 heavy (non-hydrogen) atoms. The van der Waals surface area contributed by atoms with Gasteiger partial charge in [0, 0.05) is 24.2 Å². The van der Waals surface area contributed by atoms with E-state index in [0.717, 1.165) is 29.7 Å². The number of nitrogens with zero attached hydrogens (tertiary/aromatic N) is 2. The number of carboxylic acids is 1. The second-order valence-electron chi connectivity index (χ2n) is 6.55. The van der Waals surface area contributed by atoms with E-state index < -0.39 is 22.4 Å². The fourth-order valence-electron chi connectivity index (χ4n) is 3.42. The van der Waals surface area contributed by atoms with Crippen molar-refractivity contribution in [3.63, 3.8) is 0 Å². The average Bonchev–Trinajstić information content (AvgIpc) is 2.90. The van der Waals surface area contributed by atoms with Crippen LogP contribution in [0.2, 0.25) is 0 Å². The van der Waals surface area contributed by atoms with Gasteiger partial charge in [-0.05, 0) is 0 Å². The first-order valence-electron chi connectivity index (χ1n) is 7.60. The van der Waals surface area contributed by atoms with Gasteiger partial charge in [-0.1, -0.05) is 0 Å². The monoisotopic (exact) mass is 395 g/mol. The van der Waals surface area contributed by atoms with Crippen LogP contribution in [-0.4, -0.2) is 87.7 Å². The molecule has 0 aromatic rings. The molecule has 10 nitrogen and oxygen atoms in total. The molecule has 0 aromatic carbocycles. The van der Waals surface area contributed by atoms with E-state index in [0.29, 0.717) is 5.75 Å². The van der Waals surface area contributed by atoms with E-state index in [-0.39, 0.29) is 17.0 Å². The molecule has 0 aromatic heterocycles. The Morgan fingerprint density at radius 2 is 1.96 bits per heavy atom. The first-order chi connectivity index (χ1) is 11.4. The second kappa shape index (κ2) is 7.21. The number of thioether (sulfide) groups is 1. The zero-order valence-corrected chi connectivity index (χ0v) is 15.3. The standard InChI is InChI=1S/C13H19N3O3S.H2O4S/c1-16(4-2-3-5-16)6-8-7-20-12-9(14)11(17)15(12)10(8)13(18)19;1-5(2,3)4/h9,12H,2-7,14H2,1H3;(H2,1,2,3,4)/t9-,12-;/m1./s1. The van der Waals surface area contributed by atoms with E-state index in [1.54, 1.807) is 11.8 Å². The van der Waals surface area contributed by atoms with Crippen molar-refractivity contribution in [3.05, 3.63) is 11.3 Å². The van der Waals surface area contributed by atoms with Crippen LogP contribution >= 0.6 is 11.8 Å². The molecule has 12 heteroatoms. The zero-order valence-electron chi connectivity index (χ0n) is 13.6. The Kier molecular flexibility index (Phi) is 5.81. The van der Waals surface area contributed by atoms with E-state index in [1.807, 2.05) is 0 Å². The van der Waals surface area contributed by atoms with Crippen molar-refractivity contribution < 1.29 is 36.7 Å². The molecule has 2 fully saturated rings. The molecule has 0 radical (unpaired) electrons. The van der Waals surface area contributed by atoms with E-state index >= 15 is 0 Å². The van der Waals surface area contributed by atoms with Crippen molar-refractivity contribution in [2.24, 2.45) is 5.73 Å². The fraction of sp³-hybridized carbons (Fsp3) is 0.692. The van der Waals surface area contributed by atoms with Gasteiger partial charge in [0.15, 0.2) is 0 Å². The lowest BCUT2D eigenvalue weighted by molar-refractivity contribution is -0.893. The third-order valence-electron chi connectivity index (χ3n) is 4.51. The Bertz CT molecular complexity index is 692. The van der Waals surface area contributed by atoms with E-state index in [1.165, 1.54) is 17.7 Å². The maximum absolute atomic E-state index is 11.9. The molecule has 4 N–H and O–H groups in total. The van der Waals surface area contributed by atoms with Crippen LogP contribution in [0.5, 0.6) is 0 Å². The Hall–Kier alpha value is -1.18. The van der Waals surface area contributed by atoms with Crippen LogP contribution in [0, 0.1) is 0 Å². The molecule has 0 bridgehead atoms. The summed E-state index contributed by atoms with van der Waals surface area (Å²) in [5, 5.41) is 9.29. The molecule has 3 rings (SSSR count). The summed E-state index contributed by atoms with van der Waals surface area (Å²) < 4.78 is 33.7. The predicted octanol–water partition coefficient (Wildman–Crippen LogP) is -1.19. The number of nitrogens with two attached hydrogens (primary N) is 1. The Morgan fingerprint density at radius 1 is 1.44 bits per heavy atom. The minimum atomic E-state index is -4.92. The quantitative estimate of drug-likeness (QED) is 0.231. The van der Waals surface area contributed by atoms with Crippen LogP contribution in [0.1, 0.15) is 12.8 Å². The molecular weight excluding hydrogens is 374 g/mol. The maximum atomic E-state index is 11.9. The summed E-state index contributed by atoms with van der Waals surface area (Å²) in [6, 6.07) is -0.549. The van der Waals surface area contributed by atoms with Crippen LogP contribution in [0.15, 0.2) is 11.3 Å². The number of hydrogen-bond donors (Lipinski definition) is 3. The number of carbonyl (C=O) groups excluding carboxylic acids is 1. The molecule has 0 aliphatic carbocycles. The Labute approximate surface area is 149 Å². The van der Waals surface area contributed by atoms with E-state index in [9.17, 15) is 14.7 Å². The van der Waals surface area contributed by atoms with Crippen molar-refractivity contribution in [3.8, 4) is 0 Å². The largest absolute Gasteiger partial charge is 0.726 e. The van der Waals surface area contributed by atoms with Crippen LogP contribution < -0.4 is 5.73 Å². The molecule has 1 amide bonds. The van der Waals surface area contributed by atoms with Gasteiger partial charge in [-0.15, -0.1) is 11.8 Å². The van der Waals surface area contributed by atoms with Crippen molar-refractivity contribution in [1.29, 1.82) is 0 Å². The number of likely N-dealkylation sites (N-methyl/N-ethyl adjacent to an activating group) is 1. The minimum Gasteiger partial charge on any atom is -0.726 e. The molecule has 142 valence electrons. The third kappa shape index (κ3) is 4.71. The van der Waals surface area contributed by atoms with Crippen LogP contribution in [-0.2, 0) is 20.0 Å². The molecule has 2 atom stereocenters. The first kappa shape index (κ1) is 20.1. The fourth-order valence-corrected chi connectivity index (χ4v) is 4.70. The summed E-state index contributed by atoms with van der Waals surface area (Å²) in [6.07, 6.45) is 2.38. The molecule has 3 heterocycles. The number of rotatable bonds is 3. The lowest BCUT2D eigenvalue weighted by Crippen LogP contribution is -2.68. The summed E-state index contributed by atoms with van der Waals surface area (Å²) >= 11 is 1.59. The summed E-state index contributed by atoms with van der Waals surface area (Å²) in [7, 11) is -2.75. The van der Waals surface area contributed by atoms with Crippen LogP contribution in [0.3, 0.4) is 0 Å². The number of fused-ring (bicyclic) bond motifs is 1. The normalized spacial score (nSPS) is 28.0. The molecule has 2 saturated heterocycles. The van der Waals surface area contributed by atoms with Gasteiger partial charge in [-0.3, -0.25) is 14.2 Å². The highest BCUT2D eigenvalue weighted by Gasteiger charge is 2.52. The highest BCUT2D eigenvalue weighted by molar-refractivity contribution is 8.00. The highest BCUT2D eigenvalue weighted by atomic mass is 32.3. The number of hydrogen-bond acceptors (Lipinski definition) is 7. The molecule has 0 saturated carbocycles. The minimum absolute atomic E-state index is 0.187. The summed E-state index contributed by atoms with van der Waals surface area (Å²) in [6.45, 7) is 2.89. The number of carbonyl (C=O) groups is 2. The summed E-state index contributed by atoms with van der Waals surface area (Å²) in [5.74, 6) is -0.602. The highest BCUT2D eigenvalue weighted by Crippen LogP contribution is 2.40. The zero-order chi connectivity index (χ0) is 19.0. The Morgan fingerprint density at radius 3 is 2.44 bits per heavy atom. The molecule has 3 aliphatic heterocycles. The van der Waals surface area contributed by atoms with Crippen molar-refractivity contribution in [1.82, 2.24) is 4.90 Å². The number of quaternary nitrogens is 1. The van der Waals surface area contributed by atoms with Crippen molar-refractivity contribution in [2.75, 3.05) is 32.4 Å². The lowest BCUT2D eigenvalue weighted by atomic mass is 10.0. The van der Waals surface area contributed by atoms with Crippen molar-refractivity contribution in [2.45, 2.75) is 24.3 Å². The number of amides is 1. The van der Waals surface area contributed by atoms with Crippen LogP contribution in [0.4, 0.5) is 0 Å². The number of β-lactam (4-membered cyclic amide) rings is 1. The summed E-state index contributed by atoms with van der Waals surface area (Å²) in [5.41, 5.74) is 6.81. The lowest BCUT2D eigenvalue weighted by Gasteiger charge is -2.48. The maximum Gasteiger partial charge on any atom is 0.352 e. The topological polar surface area (TPSA) is 161 Å². The van der Waals surface area contributed by atoms with Gasteiger partial charge in [0.05, 0.1) is 20.1 Å². The first-order valence-corrected chi connectivity index (χ1v) is 10.0. The van der Waals surface area contributed by atoms with Gasteiger partial charge in [0.2, 0.25) is 16.3 Å².